The normalized spacial score (nSPS) is 40.0. The lowest BCUT2D eigenvalue weighted by Gasteiger charge is -2.52. The molecule has 4 aliphatic rings. The van der Waals surface area contributed by atoms with Crippen molar-refractivity contribution in [2.24, 2.45) is 17.8 Å². The average molecular weight is 342 g/mol. The van der Waals surface area contributed by atoms with Crippen LogP contribution in [0.2, 0.25) is 0 Å². The second kappa shape index (κ2) is 6.56. The van der Waals surface area contributed by atoms with Gasteiger partial charge in [0.2, 0.25) is 5.91 Å². The van der Waals surface area contributed by atoms with Gasteiger partial charge < -0.3 is 10.1 Å². The first-order valence-electron chi connectivity index (χ1n) is 8.95. The van der Waals surface area contributed by atoms with E-state index in [1.165, 1.54) is 30.8 Å². The van der Waals surface area contributed by atoms with E-state index in [2.05, 4.69) is 28.8 Å². The lowest BCUT2D eigenvalue weighted by atomic mass is 9.67. The molecule has 3 nitrogen and oxygen atoms in total. The monoisotopic (exact) mass is 341 g/mol. The molecule has 0 aromatic heterocycles. The molecule has 1 amide bonds. The van der Waals surface area contributed by atoms with Gasteiger partial charge in [0.05, 0.1) is 10.2 Å². The van der Waals surface area contributed by atoms with Gasteiger partial charge in [-0.2, -0.15) is 0 Å². The minimum Gasteiger partial charge on any atom is -0.376 e. The van der Waals surface area contributed by atoms with E-state index in [-0.39, 0.29) is 12.0 Å². The Morgan fingerprint density at radius 2 is 1.82 bits per heavy atom. The van der Waals surface area contributed by atoms with E-state index in [0.717, 1.165) is 50.7 Å². The van der Waals surface area contributed by atoms with Crippen molar-refractivity contribution >= 4 is 29.4 Å². The fraction of sp³-hybridized carbons (Fsp3) is 0.941. The van der Waals surface area contributed by atoms with E-state index < -0.39 is 0 Å². The van der Waals surface area contributed by atoms with Gasteiger partial charge in [-0.1, -0.05) is 6.42 Å². The maximum absolute atomic E-state index is 12.6. The predicted molar refractivity (Wildman–Crippen MR) is 93.2 cm³/mol. The maximum atomic E-state index is 12.6. The van der Waals surface area contributed by atoms with Gasteiger partial charge in [0.15, 0.2) is 0 Å². The second-order valence-electron chi connectivity index (χ2n) is 7.29. The molecule has 0 radical (unpaired) electrons. The topological polar surface area (TPSA) is 38.3 Å². The summed E-state index contributed by atoms with van der Waals surface area (Å²) in [4.78, 5) is 12.6. The largest absolute Gasteiger partial charge is 0.376 e. The molecule has 4 rings (SSSR count). The molecule has 2 aliphatic heterocycles. The first-order valence-corrected chi connectivity index (χ1v) is 10.9. The summed E-state index contributed by atoms with van der Waals surface area (Å²) in [5.74, 6) is 4.70. The third kappa shape index (κ3) is 2.82. The number of hydrogen-bond acceptors (Lipinski definition) is 4. The van der Waals surface area contributed by atoms with Crippen LogP contribution in [0.1, 0.15) is 44.9 Å². The van der Waals surface area contributed by atoms with Gasteiger partial charge in [-0.25, -0.2) is 0 Å². The third-order valence-corrected chi connectivity index (χ3v) is 10.0. The zero-order valence-corrected chi connectivity index (χ0v) is 14.9. The average Bonchev–Trinajstić information content (AvgIpc) is 3.17. The number of rotatable bonds is 3. The van der Waals surface area contributed by atoms with E-state index in [4.69, 9.17) is 4.74 Å². The van der Waals surface area contributed by atoms with Crippen LogP contribution in [0.15, 0.2) is 0 Å². The lowest BCUT2D eigenvalue weighted by Crippen LogP contribution is -2.50. The van der Waals surface area contributed by atoms with Crippen molar-refractivity contribution in [2.75, 3.05) is 24.7 Å². The van der Waals surface area contributed by atoms with E-state index in [1.54, 1.807) is 0 Å². The van der Waals surface area contributed by atoms with Crippen molar-refractivity contribution in [1.29, 1.82) is 0 Å². The quantitative estimate of drug-likeness (QED) is 0.855. The molecule has 5 heteroatoms. The van der Waals surface area contributed by atoms with E-state index in [0.29, 0.717) is 9.99 Å². The number of amides is 1. The first-order chi connectivity index (χ1) is 10.8. The Morgan fingerprint density at radius 1 is 1.09 bits per heavy atom. The van der Waals surface area contributed by atoms with Crippen LogP contribution in [0.5, 0.6) is 0 Å². The molecule has 22 heavy (non-hydrogen) atoms. The van der Waals surface area contributed by atoms with E-state index in [1.807, 2.05) is 0 Å². The number of hydrogen-bond donors (Lipinski definition) is 1. The van der Waals surface area contributed by atoms with Crippen molar-refractivity contribution in [2.45, 2.75) is 55.1 Å². The second-order valence-corrected chi connectivity index (χ2v) is 10.3. The van der Waals surface area contributed by atoms with Crippen molar-refractivity contribution < 1.29 is 9.53 Å². The highest BCUT2D eigenvalue weighted by atomic mass is 32.2. The van der Waals surface area contributed by atoms with Crippen LogP contribution in [-0.4, -0.2) is 40.7 Å². The standard InChI is InChI=1S/C17H27NO2S2/c19-16(18-11-15-5-2-6-20-15)12-9-13-3-1-4-14(10-12)17(13)21-7-8-22-17/h12-15H,1-11H2,(H,18,19)/t12?,13-,14+,15-/m0/s1. The van der Waals surface area contributed by atoms with Crippen molar-refractivity contribution in [3.8, 4) is 0 Å². The van der Waals surface area contributed by atoms with Gasteiger partial charge >= 0.3 is 0 Å². The Labute approximate surface area is 142 Å². The van der Waals surface area contributed by atoms with Crippen LogP contribution in [0.4, 0.5) is 0 Å². The molecular formula is C17H27NO2S2. The molecule has 2 heterocycles. The Hall–Kier alpha value is 0.130. The highest BCUT2D eigenvalue weighted by Crippen LogP contribution is 2.64. The minimum atomic E-state index is 0.254. The Bertz CT molecular complexity index is 403. The maximum Gasteiger partial charge on any atom is 0.223 e. The van der Waals surface area contributed by atoms with Crippen LogP contribution < -0.4 is 5.32 Å². The SMILES string of the molecule is O=C(NC[C@@H]1CCCO1)C1C[C@H]2CCC[C@@H](C1)C21SCCS1. The minimum absolute atomic E-state index is 0.254. The van der Waals surface area contributed by atoms with Crippen molar-refractivity contribution in [1.82, 2.24) is 5.32 Å². The molecule has 2 saturated heterocycles. The summed E-state index contributed by atoms with van der Waals surface area (Å²) < 4.78 is 6.10. The highest BCUT2D eigenvalue weighted by Gasteiger charge is 2.55. The molecule has 0 aromatic rings. The molecule has 2 saturated carbocycles. The van der Waals surface area contributed by atoms with Crippen molar-refractivity contribution in [3.63, 3.8) is 0 Å². The van der Waals surface area contributed by atoms with Gasteiger partial charge in [-0.05, 0) is 50.4 Å². The fourth-order valence-electron chi connectivity index (χ4n) is 4.99. The van der Waals surface area contributed by atoms with Crippen LogP contribution >= 0.6 is 23.5 Å². The molecular weight excluding hydrogens is 314 g/mol. The summed E-state index contributed by atoms with van der Waals surface area (Å²) in [5, 5.41) is 3.19. The van der Waals surface area contributed by atoms with Gasteiger partial charge in [0.25, 0.3) is 0 Å². The summed E-state index contributed by atoms with van der Waals surface area (Å²) in [5.41, 5.74) is 0. The predicted octanol–water partition coefficient (Wildman–Crippen LogP) is 3.28. The summed E-state index contributed by atoms with van der Waals surface area (Å²) in [6.45, 7) is 1.59. The molecule has 1 spiro atoms. The smallest absolute Gasteiger partial charge is 0.223 e. The summed E-state index contributed by atoms with van der Waals surface area (Å²) in [7, 11) is 0. The number of ether oxygens (including phenoxy) is 1. The molecule has 4 fully saturated rings. The molecule has 4 atom stereocenters. The van der Waals surface area contributed by atoms with Crippen LogP contribution in [0.25, 0.3) is 0 Å². The Morgan fingerprint density at radius 3 is 2.45 bits per heavy atom. The Kier molecular flexibility index (Phi) is 4.66. The molecule has 2 aliphatic carbocycles. The molecule has 1 unspecified atom stereocenters. The van der Waals surface area contributed by atoms with Gasteiger partial charge in [-0.15, -0.1) is 23.5 Å². The third-order valence-electron chi connectivity index (χ3n) is 6.02. The Balaban J connectivity index is 1.37. The molecule has 124 valence electrons. The highest BCUT2D eigenvalue weighted by molar-refractivity contribution is 8.21. The lowest BCUT2D eigenvalue weighted by molar-refractivity contribution is -0.128. The van der Waals surface area contributed by atoms with Crippen LogP contribution in [0, 0.1) is 17.8 Å². The summed E-state index contributed by atoms with van der Waals surface area (Å²) in [6.07, 6.45) is 8.80. The van der Waals surface area contributed by atoms with Gasteiger partial charge in [0.1, 0.15) is 0 Å². The zero-order chi connectivity index (χ0) is 15.0. The number of carbonyl (C=O) groups is 1. The fourth-order valence-corrected chi connectivity index (χ4v) is 8.92. The number of thioether (sulfide) groups is 2. The van der Waals surface area contributed by atoms with Gasteiger partial charge in [-0.3, -0.25) is 4.79 Å². The zero-order valence-electron chi connectivity index (χ0n) is 13.2. The van der Waals surface area contributed by atoms with Crippen molar-refractivity contribution in [3.05, 3.63) is 0 Å². The van der Waals surface area contributed by atoms with Crippen LogP contribution in [0.3, 0.4) is 0 Å². The summed E-state index contributed by atoms with van der Waals surface area (Å²) in [6, 6.07) is 0. The number of carbonyl (C=O) groups excluding carboxylic acids is 1. The van der Waals surface area contributed by atoms with Gasteiger partial charge in [0, 0.05) is 30.6 Å². The van der Waals surface area contributed by atoms with E-state index in [9.17, 15) is 4.79 Å². The first kappa shape index (κ1) is 15.6. The summed E-state index contributed by atoms with van der Waals surface area (Å²) >= 11 is 4.43. The van der Waals surface area contributed by atoms with Crippen LogP contribution in [-0.2, 0) is 9.53 Å². The van der Waals surface area contributed by atoms with E-state index >= 15 is 0 Å². The molecule has 1 N–H and O–H groups in total. The molecule has 2 bridgehead atoms. The number of nitrogens with one attached hydrogen (secondary N) is 1. The molecule has 0 aromatic carbocycles.